The molecule has 0 spiro atoms. The molecule has 0 saturated carbocycles. The molecule has 0 radical (unpaired) electrons. The second-order valence-corrected chi connectivity index (χ2v) is 10.6. The van der Waals surface area contributed by atoms with Crippen LogP contribution in [0.4, 0.5) is 15.8 Å². The number of amidine groups is 1. The zero-order valence-corrected chi connectivity index (χ0v) is 18.5. The summed E-state index contributed by atoms with van der Waals surface area (Å²) in [7, 11) is -3.12. The number of carbonyl (C=O) groups is 1. The number of sulfone groups is 1. The summed E-state index contributed by atoms with van der Waals surface area (Å²) >= 11 is 1.28. The summed E-state index contributed by atoms with van der Waals surface area (Å²) < 4.78 is 43.9. The number of aliphatic imine (C=N–C) groups is 1. The molecule has 10 heteroatoms. The Labute approximate surface area is 184 Å². The smallest absolute Gasteiger partial charge is 0.244 e. The molecular weight excluding hydrogens is 441 g/mol. The van der Waals surface area contributed by atoms with Gasteiger partial charge in [0.2, 0.25) is 5.91 Å². The molecule has 164 valence electrons. The molecule has 4 rings (SSSR count). The van der Waals surface area contributed by atoms with Crippen LogP contribution in [0.1, 0.15) is 6.92 Å². The Hall–Kier alpha value is -2.59. The molecule has 2 aromatic rings. The minimum atomic E-state index is -3.12. The predicted octanol–water partition coefficient (Wildman–Crippen LogP) is 2.94. The molecule has 2 aliphatic heterocycles. The number of fused-ring (bicyclic) bond motifs is 1. The highest BCUT2D eigenvalue weighted by Crippen LogP contribution is 2.37. The number of halogens is 1. The van der Waals surface area contributed by atoms with Crippen molar-refractivity contribution in [2.45, 2.75) is 18.2 Å². The van der Waals surface area contributed by atoms with Gasteiger partial charge in [0, 0.05) is 5.25 Å². The second kappa shape index (κ2) is 8.88. The summed E-state index contributed by atoms with van der Waals surface area (Å²) in [5.74, 6) is -0.300. The molecule has 1 fully saturated rings. The van der Waals surface area contributed by atoms with Crippen LogP contribution in [0.25, 0.3) is 0 Å². The molecular formula is C21H22FN3O4S2. The molecule has 0 aromatic heterocycles. The van der Waals surface area contributed by atoms with E-state index in [-0.39, 0.29) is 40.9 Å². The number of thioether (sulfide) groups is 1. The molecule has 0 unspecified atom stereocenters. The standard InChI is InChI=1S/C21H22FN3O4S2/c1-2-29-18-10-6-4-8-15(18)23-20(26)11-25(17-9-5-3-7-14(17)22)21-24-16-12-31(27,28)13-19(16)30-21/h3-10,16,19H,2,11-13H2,1H3,(H,23,26)/t16-,19+/m1/s1. The lowest BCUT2D eigenvalue weighted by molar-refractivity contribution is -0.114. The molecule has 0 bridgehead atoms. The van der Waals surface area contributed by atoms with Gasteiger partial charge in [-0.2, -0.15) is 0 Å². The van der Waals surface area contributed by atoms with Crippen LogP contribution in [0.5, 0.6) is 5.75 Å². The SMILES string of the molecule is CCOc1ccccc1NC(=O)CN(C1=N[C@@H]2CS(=O)(=O)C[C@@H]2S1)c1ccccc1F. The van der Waals surface area contributed by atoms with E-state index in [1.54, 1.807) is 36.4 Å². The number of nitrogens with one attached hydrogen (secondary N) is 1. The molecule has 1 N–H and O–H groups in total. The van der Waals surface area contributed by atoms with E-state index in [9.17, 15) is 17.6 Å². The Bertz CT molecular complexity index is 1120. The van der Waals surface area contributed by atoms with E-state index in [1.807, 2.05) is 13.0 Å². The van der Waals surface area contributed by atoms with Gasteiger partial charge in [0.05, 0.1) is 35.5 Å². The Morgan fingerprint density at radius 3 is 2.71 bits per heavy atom. The zero-order valence-electron chi connectivity index (χ0n) is 16.8. The molecule has 1 saturated heterocycles. The number of ether oxygens (including phenoxy) is 1. The van der Waals surface area contributed by atoms with E-state index in [4.69, 9.17) is 4.74 Å². The molecule has 0 aliphatic carbocycles. The average Bonchev–Trinajstić information content (AvgIpc) is 3.22. The maximum absolute atomic E-state index is 14.6. The largest absolute Gasteiger partial charge is 0.492 e. The van der Waals surface area contributed by atoms with E-state index in [0.717, 1.165) is 0 Å². The minimum Gasteiger partial charge on any atom is -0.492 e. The van der Waals surface area contributed by atoms with Gasteiger partial charge in [-0.1, -0.05) is 36.0 Å². The molecule has 2 atom stereocenters. The summed E-state index contributed by atoms with van der Waals surface area (Å²) in [5, 5.41) is 3.05. The normalized spacial score (nSPS) is 21.3. The molecule has 2 heterocycles. The maximum Gasteiger partial charge on any atom is 0.244 e. The first-order valence-corrected chi connectivity index (χ1v) is 12.5. The third-order valence-corrected chi connectivity index (χ3v) is 8.19. The van der Waals surface area contributed by atoms with Crippen molar-refractivity contribution in [2.75, 3.05) is 34.9 Å². The first kappa shape index (κ1) is 21.6. The fourth-order valence-electron chi connectivity index (χ4n) is 3.58. The molecule has 1 amide bonds. The lowest BCUT2D eigenvalue weighted by Crippen LogP contribution is -2.37. The lowest BCUT2D eigenvalue weighted by Gasteiger charge is -2.24. The van der Waals surface area contributed by atoms with Crippen molar-refractivity contribution in [3.8, 4) is 5.75 Å². The van der Waals surface area contributed by atoms with Crippen molar-refractivity contribution in [1.29, 1.82) is 0 Å². The van der Waals surface area contributed by atoms with Gasteiger partial charge >= 0.3 is 0 Å². The number of hydrogen-bond donors (Lipinski definition) is 1. The van der Waals surface area contributed by atoms with Gasteiger partial charge in [0.15, 0.2) is 15.0 Å². The first-order chi connectivity index (χ1) is 14.9. The number of hydrogen-bond acceptors (Lipinski definition) is 7. The van der Waals surface area contributed by atoms with Gasteiger partial charge in [0.1, 0.15) is 18.1 Å². The van der Waals surface area contributed by atoms with E-state index in [0.29, 0.717) is 23.2 Å². The van der Waals surface area contributed by atoms with Crippen LogP contribution in [0.15, 0.2) is 53.5 Å². The van der Waals surface area contributed by atoms with Gasteiger partial charge in [0.25, 0.3) is 0 Å². The van der Waals surface area contributed by atoms with E-state index in [1.165, 1.54) is 22.7 Å². The van der Waals surface area contributed by atoms with E-state index >= 15 is 0 Å². The highest BCUT2D eigenvalue weighted by molar-refractivity contribution is 8.15. The molecule has 2 aromatic carbocycles. The summed E-state index contributed by atoms with van der Waals surface area (Å²) in [6.07, 6.45) is 0. The minimum absolute atomic E-state index is 0.0206. The van der Waals surface area contributed by atoms with Crippen molar-refractivity contribution in [2.24, 2.45) is 4.99 Å². The molecule has 31 heavy (non-hydrogen) atoms. The number of para-hydroxylation sites is 3. The Morgan fingerprint density at radius 1 is 1.23 bits per heavy atom. The van der Waals surface area contributed by atoms with Crippen molar-refractivity contribution in [3.05, 3.63) is 54.3 Å². The van der Waals surface area contributed by atoms with Gasteiger partial charge in [-0.05, 0) is 31.2 Å². The van der Waals surface area contributed by atoms with Crippen molar-refractivity contribution >= 4 is 44.0 Å². The third-order valence-electron chi connectivity index (χ3n) is 4.94. The summed E-state index contributed by atoms with van der Waals surface area (Å²) in [5.41, 5.74) is 0.733. The van der Waals surface area contributed by atoms with Crippen LogP contribution in [0.2, 0.25) is 0 Å². The average molecular weight is 464 g/mol. The number of amides is 1. The number of nitrogens with zero attached hydrogens (tertiary/aromatic N) is 2. The first-order valence-electron chi connectivity index (χ1n) is 9.85. The van der Waals surface area contributed by atoms with Crippen LogP contribution < -0.4 is 15.0 Å². The van der Waals surface area contributed by atoms with Crippen molar-refractivity contribution < 1.29 is 22.3 Å². The Kier molecular flexibility index (Phi) is 6.19. The quantitative estimate of drug-likeness (QED) is 0.709. The van der Waals surface area contributed by atoms with Crippen LogP contribution in [0.3, 0.4) is 0 Å². The summed E-state index contributed by atoms with van der Waals surface area (Å²) in [6.45, 7) is 2.12. The van der Waals surface area contributed by atoms with Gasteiger partial charge in [-0.25, -0.2) is 12.8 Å². The van der Waals surface area contributed by atoms with Gasteiger partial charge < -0.3 is 15.0 Å². The summed E-state index contributed by atoms with van der Waals surface area (Å²) in [6, 6.07) is 12.8. The molecule has 2 aliphatic rings. The highest BCUT2D eigenvalue weighted by atomic mass is 32.2. The number of carbonyl (C=O) groups excluding carboxylic acids is 1. The zero-order chi connectivity index (χ0) is 22.0. The van der Waals surface area contributed by atoms with Crippen LogP contribution in [-0.4, -0.2) is 55.4 Å². The Morgan fingerprint density at radius 2 is 1.97 bits per heavy atom. The van der Waals surface area contributed by atoms with E-state index < -0.39 is 15.7 Å². The van der Waals surface area contributed by atoms with Crippen molar-refractivity contribution in [3.63, 3.8) is 0 Å². The fraction of sp³-hybridized carbons (Fsp3) is 0.333. The predicted molar refractivity (Wildman–Crippen MR) is 121 cm³/mol. The number of anilines is 2. The van der Waals surface area contributed by atoms with Crippen LogP contribution in [0, 0.1) is 5.82 Å². The second-order valence-electron chi connectivity index (χ2n) is 7.23. The van der Waals surface area contributed by atoms with Crippen LogP contribution in [-0.2, 0) is 14.6 Å². The fourth-order valence-corrected chi connectivity index (χ4v) is 7.36. The highest BCUT2D eigenvalue weighted by Gasteiger charge is 2.44. The lowest BCUT2D eigenvalue weighted by atomic mass is 10.2. The third kappa shape index (κ3) is 4.85. The Balaban J connectivity index is 1.58. The van der Waals surface area contributed by atoms with Gasteiger partial charge in [-0.15, -0.1) is 0 Å². The topological polar surface area (TPSA) is 88.1 Å². The van der Waals surface area contributed by atoms with Crippen LogP contribution >= 0.6 is 11.8 Å². The molecule has 7 nitrogen and oxygen atoms in total. The monoisotopic (exact) mass is 463 g/mol. The van der Waals surface area contributed by atoms with Gasteiger partial charge in [-0.3, -0.25) is 9.79 Å². The van der Waals surface area contributed by atoms with Crippen molar-refractivity contribution in [1.82, 2.24) is 0 Å². The van der Waals surface area contributed by atoms with E-state index in [2.05, 4.69) is 10.3 Å². The maximum atomic E-state index is 14.6. The summed E-state index contributed by atoms with van der Waals surface area (Å²) in [4.78, 5) is 18.9. The number of benzene rings is 2. The number of rotatable bonds is 6.